The molecule has 6 aliphatic rings. The summed E-state index contributed by atoms with van der Waals surface area (Å²) in [4.78, 5) is 64.7. The number of benzene rings is 2. The smallest absolute Gasteiger partial charge is 0.247 e. The van der Waals surface area contributed by atoms with E-state index in [1.54, 1.807) is 23.9 Å². The predicted octanol–water partition coefficient (Wildman–Crippen LogP) is 3.34. The number of rotatable bonds is 5. The average molecular weight is 625 g/mol. The first-order valence-electron chi connectivity index (χ1n) is 16.8. The largest absolute Gasteiger partial charge is 0.364 e. The molecule has 0 spiro atoms. The van der Waals surface area contributed by atoms with E-state index in [2.05, 4.69) is 50.5 Å². The van der Waals surface area contributed by atoms with Crippen molar-refractivity contribution in [1.29, 1.82) is 0 Å². The first-order valence-corrected chi connectivity index (χ1v) is 16.8. The van der Waals surface area contributed by atoms with Crippen LogP contribution in [0.5, 0.6) is 0 Å². The number of para-hydroxylation sites is 2. The second-order valence-corrected chi connectivity index (χ2v) is 15.2. The van der Waals surface area contributed by atoms with Gasteiger partial charge in [0, 0.05) is 25.5 Å². The number of piperazine rings is 2. The summed E-state index contributed by atoms with van der Waals surface area (Å²) in [7, 11) is 3.52. The van der Waals surface area contributed by atoms with Gasteiger partial charge in [0.1, 0.15) is 36.5 Å². The Morgan fingerprint density at radius 2 is 1.00 bits per heavy atom. The maximum atomic E-state index is 14.6. The lowest BCUT2D eigenvalue weighted by Gasteiger charge is -2.49. The van der Waals surface area contributed by atoms with Gasteiger partial charge in [0.25, 0.3) is 0 Å². The van der Waals surface area contributed by atoms with E-state index in [-0.39, 0.29) is 35.5 Å². The molecule has 0 aromatic heterocycles. The third-order valence-corrected chi connectivity index (χ3v) is 12.1. The number of hydrogen-bond acceptors (Lipinski definition) is 6. The second kappa shape index (κ2) is 9.72. The predicted molar refractivity (Wildman–Crippen MR) is 174 cm³/mol. The Balaban J connectivity index is 1.36. The molecule has 8 atom stereocenters. The molecule has 6 aliphatic heterocycles. The number of carbonyl (C=O) groups excluding carboxylic acids is 4. The van der Waals surface area contributed by atoms with E-state index in [1.807, 2.05) is 46.2 Å². The summed E-state index contributed by atoms with van der Waals surface area (Å²) in [5.41, 5.74) is 2.32. The molecule has 0 unspecified atom stereocenters. The molecule has 2 N–H and O–H groups in total. The van der Waals surface area contributed by atoms with Crippen LogP contribution in [-0.2, 0) is 30.0 Å². The van der Waals surface area contributed by atoms with Crippen molar-refractivity contribution in [2.24, 2.45) is 11.8 Å². The number of carbonyl (C=O) groups is 4. The minimum atomic E-state index is -0.804. The monoisotopic (exact) mass is 624 g/mol. The van der Waals surface area contributed by atoms with Crippen LogP contribution < -0.4 is 10.6 Å². The normalized spacial score (nSPS) is 35.7. The van der Waals surface area contributed by atoms with Gasteiger partial charge >= 0.3 is 0 Å². The summed E-state index contributed by atoms with van der Waals surface area (Å²) in [5, 5.41) is 7.49. The minimum absolute atomic E-state index is 0.0419. The van der Waals surface area contributed by atoms with Gasteiger partial charge in [-0.25, -0.2) is 0 Å². The highest BCUT2D eigenvalue weighted by Gasteiger charge is 2.78. The van der Waals surface area contributed by atoms with Gasteiger partial charge in [-0.05, 0) is 60.8 Å². The van der Waals surface area contributed by atoms with Crippen molar-refractivity contribution in [3.05, 3.63) is 59.7 Å². The molecule has 0 radical (unpaired) electrons. The van der Waals surface area contributed by atoms with Gasteiger partial charge in [-0.1, -0.05) is 64.1 Å². The Morgan fingerprint density at radius 1 is 0.630 bits per heavy atom. The van der Waals surface area contributed by atoms with Crippen molar-refractivity contribution in [3.63, 3.8) is 0 Å². The fourth-order valence-corrected chi connectivity index (χ4v) is 10.2. The number of nitrogens with one attached hydrogen (secondary N) is 2. The van der Waals surface area contributed by atoms with Crippen LogP contribution in [0.2, 0.25) is 0 Å². The lowest BCUT2D eigenvalue weighted by Crippen LogP contribution is -2.66. The molecular formula is C36H44N6O4. The number of hydrogen-bond donors (Lipinski definition) is 2. The molecule has 4 amide bonds. The topological polar surface area (TPSA) is 105 Å². The SMILES string of the molecule is CC(C)C[C@@H]1C(=O)N2[C@H]3Nc4ccccc4[C@@]3([C@]34C[C@H]5C(=O)N(C)[C@H](CC(C)C)C(=O)N5[C@H]3Nc3ccccc34)C[C@H]2C(=O)N1C. The third-order valence-electron chi connectivity index (χ3n) is 12.1. The summed E-state index contributed by atoms with van der Waals surface area (Å²) in [5.74, 6) is 0.276. The number of likely N-dealkylation sites (N-methyl/N-ethyl adjacent to an activating group) is 2. The number of fused-ring (bicyclic) bond motifs is 11. The van der Waals surface area contributed by atoms with Crippen LogP contribution in [-0.4, -0.2) is 93.8 Å². The summed E-state index contributed by atoms with van der Waals surface area (Å²) in [6, 6.07) is 13.9. The molecule has 4 fully saturated rings. The van der Waals surface area contributed by atoms with Crippen LogP contribution in [0, 0.1) is 11.8 Å². The quantitative estimate of drug-likeness (QED) is 0.529. The van der Waals surface area contributed by atoms with Crippen molar-refractivity contribution in [2.75, 3.05) is 24.7 Å². The van der Waals surface area contributed by atoms with Gasteiger partial charge in [0.05, 0.1) is 10.8 Å². The fraction of sp³-hybridized carbons (Fsp3) is 0.556. The maximum absolute atomic E-state index is 14.6. The first-order chi connectivity index (χ1) is 21.9. The van der Waals surface area contributed by atoms with Crippen LogP contribution in [0.3, 0.4) is 0 Å². The summed E-state index contributed by atoms with van der Waals surface area (Å²) in [6.07, 6.45) is 0.897. The Bertz CT molecular complexity index is 1550. The number of anilines is 2. The zero-order valence-corrected chi connectivity index (χ0v) is 27.5. The molecule has 10 heteroatoms. The van der Waals surface area contributed by atoms with Gasteiger partial charge in [-0.2, -0.15) is 0 Å². The highest BCUT2D eigenvalue weighted by Crippen LogP contribution is 2.69. The molecule has 6 heterocycles. The second-order valence-electron chi connectivity index (χ2n) is 15.2. The number of nitrogens with zero attached hydrogens (tertiary/aromatic N) is 4. The molecule has 0 aliphatic carbocycles. The molecule has 10 nitrogen and oxygen atoms in total. The van der Waals surface area contributed by atoms with Crippen LogP contribution in [0.15, 0.2) is 48.5 Å². The lowest BCUT2D eigenvalue weighted by atomic mass is 9.54. The van der Waals surface area contributed by atoms with Gasteiger partial charge in [-0.3, -0.25) is 19.2 Å². The molecule has 4 saturated heterocycles. The van der Waals surface area contributed by atoms with Crippen molar-refractivity contribution in [1.82, 2.24) is 19.6 Å². The van der Waals surface area contributed by atoms with E-state index >= 15 is 0 Å². The summed E-state index contributed by atoms with van der Waals surface area (Å²) < 4.78 is 0. The standard InChI is InChI=1S/C36H44N6O4/c1-19(2)15-25-31(45)41-27(29(43)39(25)5)17-35(21-11-7-9-13-23(21)37-33(35)41)36-18-28-30(44)40(6)26(16-20(3)4)32(46)42(28)34(36)38-24-14-10-8-12-22(24)36/h7-14,19-20,25-28,33-34,37-38H,15-18H2,1-6H3/t25-,26-,27+,28+,33-,34-,35+,36+/m1/s1. The first kappa shape index (κ1) is 29.3. The van der Waals surface area contributed by atoms with E-state index in [0.29, 0.717) is 25.7 Å². The average Bonchev–Trinajstić information content (AvgIpc) is 3.73. The van der Waals surface area contributed by atoms with E-state index in [9.17, 15) is 19.2 Å². The van der Waals surface area contributed by atoms with Crippen LogP contribution >= 0.6 is 0 Å². The van der Waals surface area contributed by atoms with Crippen LogP contribution in [0.4, 0.5) is 11.4 Å². The van der Waals surface area contributed by atoms with Gasteiger partial charge < -0.3 is 30.2 Å². The molecule has 2 aromatic carbocycles. The molecule has 8 rings (SSSR count). The fourth-order valence-electron chi connectivity index (χ4n) is 10.2. The lowest BCUT2D eigenvalue weighted by molar-refractivity contribution is -0.160. The molecule has 46 heavy (non-hydrogen) atoms. The molecule has 2 aromatic rings. The Hall–Kier alpha value is -4.08. The summed E-state index contributed by atoms with van der Waals surface area (Å²) >= 11 is 0. The van der Waals surface area contributed by atoms with Crippen molar-refractivity contribution >= 4 is 35.0 Å². The van der Waals surface area contributed by atoms with Crippen LogP contribution in [0.1, 0.15) is 64.5 Å². The maximum Gasteiger partial charge on any atom is 0.247 e. The zero-order valence-electron chi connectivity index (χ0n) is 27.5. The van der Waals surface area contributed by atoms with Gasteiger partial charge in [0.2, 0.25) is 23.6 Å². The van der Waals surface area contributed by atoms with E-state index < -0.39 is 47.3 Å². The van der Waals surface area contributed by atoms with E-state index in [0.717, 1.165) is 22.5 Å². The number of amides is 4. The van der Waals surface area contributed by atoms with Crippen molar-refractivity contribution in [2.45, 2.75) is 101 Å². The Labute approximate surface area is 270 Å². The van der Waals surface area contributed by atoms with Gasteiger partial charge in [-0.15, -0.1) is 0 Å². The van der Waals surface area contributed by atoms with E-state index in [4.69, 9.17) is 0 Å². The van der Waals surface area contributed by atoms with Crippen molar-refractivity contribution in [3.8, 4) is 0 Å². The molecular weight excluding hydrogens is 580 g/mol. The highest BCUT2D eigenvalue weighted by atomic mass is 16.2. The van der Waals surface area contributed by atoms with Crippen LogP contribution in [0.25, 0.3) is 0 Å². The highest BCUT2D eigenvalue weighted by molar-refractivity contribution is 6.01. The zero-order chi connectivity index (χ0) is 32.4. The third kappa shape index (κ3) is 3.42. The minimum Gasteiger partial charge on any atom is -0.364 e. The molecule has 242 valence electrons. The summed E-state index contributed by atoms with van der Waals surface area (Å²) in [6.45, 7) is 8.30. The molecule has 0 saturated carbocycles. The van der Waals surface area contributed by atoms with Gasteiger partial charge in [0.15, 0.2) is 0 Å². The Kier molecular flexibility index (Phi) is 6.20. The Morgan fingerprint density at radius 3 is 1.37 bits per heavy atom. The van der Waals surface area contributed by atoms with Crippen molar-refractivity contribution < 1.29 is 19.2 Å². The van der Waals surface area contributed by atoms with E-state index in [1.165, 1.54) is 0 Å². The molecule has 0 bridgehead atoms.